The number of anilines is 2. The Hall–Kier alpha value is -4.24. The molecule has 1 aromatic heterocycles. The van der Waals surface area contributed by atoms with E-state index in [1.165, 1.54) is 17.7 Å². The highest BCUT2D eigenvalue weighted by molar-refractivity contribution is 6.09. The third-order valence-electron chi connectivity index (χ3n) is 6.19. The third-order valence-corrected chi connectivity index (χ3v) is 6.19. The number of hydrogen-bond donors (Lipinski definition) is 1. The second-order valence-corrected chi connectivity index (χ2v) is 8.51. The molecule has 4 aromatic rings. The number of oxazole rings is 1. The van der Waals surface area contributed by atoms with Crippen molar-refractivity contribution in [3.05, 3.63) is 81.4 Å². The Kier molecular flexibility index (Phi) is 5.92. The maximum absolute atomic E-state index is 13.2. The van der Waals surface area contributed by atoms with E-state index in [4.69, 9.17) is 9.15 Å². The van der Waals surface area contributed by atoms with E-state index in [1.807, 2.05) is 36.9 Å². The average molecular weight is 473 g/mol. The number of fused-ring (bicyclic) bond motifs is 1. The number of nitro groups is 1. The first-order valence-corrected chi connectivity index (χ1v) is 11.3. The van der Waals surface area contributed by atoms with Crippen LogP contribution >= 0.6 is 0 Å². The maximum Gasteiger partial charge on any atom is 0.270 e. The zero-order valence-corrected chi connectivity index (χ0v) is 19.4. The van der Waals surface area contributed by atoms with Crippen LogP contribution in [0.15, 0.2) is 59.0 Å². The number of carbonyl (C=O) groups is 1. The van der Waals surface area contributed by atoms with Gasteiger partial charge in [0.1, 0.15) is 5.52 Å². The van der Waals surface area contributed by atoms with Gasteiger partial charge in [-0.25, -0.2) is 4.98 Å². The van der Waals surface area contributed by atoms with Gasteiger partial charge >= 0.3 is 0 Å². The third kappa shape index (κ3) is 4.58. The number of nitro benzene ring substituents is 1. The summed E-state index contributed by atoms with van der Waals surface area (Å²) in [5.41, 5.74) is 5.65. The minimum Gasteiger partial charge on any atom is -0.436 e. The number of ether oxygens (including phenoxy) is 1. The molecule has 5 rings (SSSR count). The molecule has 0 radical (unpaired) electrons. The van der Waals surface area contributed by atoms with E-state index in [1.54, 1.807) is 24.3 Å². The lowest BCUT2D eigenvalue weighted by Crippen LogP contribution is -2.37. The highest BCUT2D eigenvalue weighted by atomic mass is 16.6. The molecule has 1 aliphatic heterocycles. The topological polar surface area (TPSA) is 111 Å². The quantitative estimate of drug-likeness (QED) is 0.317. The summed E-state index contributed by atoms with van der Waals surface area (Å²) in [5, 5.41) is 14.2. The summed E-state index contributed by atoms with van der Waals surface area (Å²) >= 11 is 0. The number of benzene rings is 3. The Labute approximate surface area is 201 Å². The van der Waals surface area contributed by atoms with Gasteiger partial charge in [-0.2, -0.15) is 0 Å². The fraction of sp³-hybridized carbons (Fsp3) is 0.231. The van der Waals surface area contributed by atoms with Gasteiger partial charge in [-0.05, 0) is 61.4 Å². The van der Waals surface area contributed by atoms with Gasteiger partial charge in [0.05, 0.1) is 29.4 Å². The molecular weight excluding hydrogens is 448 g/mol. The van der Waals surface area contributed by atoms with E-state index in [2.05, 4.69) is 10.3 Å². The van der Waals surface area contributed by atoms with Gasteiger partial charge in [0.25, 0.3) is 11.6 Å². The summed E-state index contributed by atoms with van der Waals surface area (Å²) in [7, 11) is 0. The standard InChI is InChI=1S/C26H24N4O5/c1-16-3-4-18(13-17(16)2)26-28-22-14-19(5-8-24(22)35-26)27-25(31)21-15-20(30(32)33)6-7-23(21)29-9-11-34-12-10-29/h3-8,13-15H,9-12H2,1-2H3,(H,27,31). The van der Waals surface area contributed by atoms with Crippen molar-refractivity contribution in [1.29, 1.82) is 0 Å². The van der Waals surface area contributed by atoms with Crippen LogP contribution < -0.4 is 10.2 Å². The Morgan fingerprint density at radius 2 is 1.83 bits per heavy atom. The van der Waals surface area contributed by atoms with Gasteiger partial charge < -0.3 is 19.4 Å². The summed E-state index contributed by atoms with van der Waals surface area (Å²) in [6.45, 7) is 6.35. The fourth-order valence-electron chi connectivity index (χ4n) is 4.10. The van der Waals surface area contributed by atoms with Crippen molar-refractivity contribution >= 4 is 34.1 Å². The normalized spacial score (nSPS) is 13.7. The van der Waals surface area contributed by atoms with Crippen LogP contribution in [0.4, 0.5) is 17.1 Å². The van der Waals surface area contributed by atoms with Crippen LogP contribution in [0.25, 0.3) is 22.6 Å². The van der Waals surface area contributed by atoms with Gasteiger partial charge in [-0.3, -0.25) is 14.9 Å². The number of hydrogen-bond acceptors (Lipinski definition) is 7. The first-order valence-electron chi connectivity index (χ1n) is 11.3. The lowest BCUT2D eigenvalue weighted by Gasteiger charge is -2.30. The van der Waals surface area contributed by atoms with Crippen molar-refractivity contribution < 1.29 is 18.9 Å². The van der Waals surface area contributed by atoms with Crippen LogP contribution in [0.2, 0.25) is 0 Å². The molecule has 1 aliphatic rings. The number of morpholine rings is 1. The van der Waals surface area contributed by atoms with Crippen molar-refractivity contribution in [2.45, 2.75) is 13.8 Å². The predicted molar refractivity (Wildman–Crippen MR) is 133 cm³/mol. The number of aromatic nitrogens is 1. The fourth-order valence-corrected chi connectivity index (χ4v) is 4.10. The van der Waals surface area contributed by atoms with E-state index >= 15 is 0 Å². The molecule has 0 bridgehead atoms. The Morgan fingerprint density at radius 1 is 1.03 bits per heavy atom. The molecule has 3 aromatic carbocycles. The molecule has 1 fully saturated rings. The molecule has 0 spiro atoms. The van der Waals surface area contributed by atoms with Crippen LogP contribution in [0.3, 0.4) is 0 Å². The summed E-state index contributed by atoms with van der Waals surface area (Å²) in [4.78, 5) is 30.7. The first-order chi connectivity index (χ1) is 16.9. The van der Waals surface area contributed by atoms with E-state index in [-0.39, 0.29) is 11.3 Å². The van der Waals surface area contributed by atoms with Crippen molar-refractivity contribution in [3.63, 3.8) is 0 Å². The predicted octanol–water partition coefficient (Wildman–Crippen LogP) is 5.11. The van der Waals surface area contributed by atoms with E-state index < -0.39 is 10.8 Å². The minimum absolute atomic E-state index is 0.142. The molecule has 0 saturated carbocycles. The van der Waals surface area contributed by atoms with Crippen molar-refractivity contribution in [2.24, 2.45) is 0 Å². The number of nitrogens with one attached hydrogen (secondary N) is 1. The van der Waals surface area contributed by atoms with E-state index in [0.717, 1.165) is 11.1 Å². The zero-order chi connectivity index (χ0) is 24.5. The number of aryl methyl sites for hydroxylation is 2. The smallest absolute Gasteiger partial charge is 0.270 e. The summed E-state index contributed by atoms with van der Waals surface area (Å²) < 4.78 is 11.3. The lowest BCUT2D eigenvalue weighted by atomic mass is 10.1. The summed E-state index contributed by atoms with van der Waals surface area (Å²) in [6.07, 6.45) is 0. The van der Waals surface area contributed by atoms with Gasteiger partial charge in [-0.15, -0.1) is 0 Å². The van der Waals surface area contributed by atoms with E-state index in [0.29, 0.717) is 54.7 Å². The lowest BCUT2D eigenvalue weighted by molar-refractivity contribution is -0.384. The molecule has 9 heteroatoms. The molecule has 0 aliphatic carbocycles. The van der Waals surface area contributed by atoms with Crippen molar-refractivity contribution in [1.82, 2.24) is 4.98 Å². The largest absolute Gasteiger partial charge is 0.436 e. The number of rotatable bonds is 5. The van der Waals surface area contributed by atoms with Crippen molar-refractivity contribution in [2.75, 3.05) is 36.5 Å². The second kappa shape index (κ2) is 9.19. The number of nitrogens with zero attached hydrogens (tertiary/aromatic N) is 3. The Balaban J connectivity index is 1.44. The maximum atomic E-state index is 13.2. The number of amides is 1. The minimum atomic E-state index is -0.504. The van der Waals surface area contributed by atoms with E-state index in [9.17, 15) is 14.9 Å². The van der Waals surface area contributed by atoms with Crippen LogP contribution in [0.5, 0.6) is 0 Å². The Bertz CT molecular complexity index is 1440. The molecule has 1 saturated heterocycles. The number of carbonyl (C=O) groups excluding carboxylic acids is 1. The molecule has 1 N–H and O–H groups in total. The van der Waals surface area contributed by atoms with Crippen LogP contribution in [0, 0.1) is 24.0 Å². The molecule has 35 heavy (non-hydrogen) atoms. The summed E-state index contributed by atoms with van der Waals surface area (Å²) in [6, 6.07) is 15.6. The van der Waals surface area contributed by atoms with Crippen molar-refractivity contribution in [3.8, 4) is 11.5 Å². The molecule has 0 unspecified atom stereocenters. The average Bonchev–Trinajstić information content (AvgIpc) is 3.29. The molecular formula is C26H24N4O5. The van der Waals surface area contributed by atoms with Gasteiger partial charge in [0, 0.05) is 36.5 Å². The highest BCUT2D eigenvalue weighted by Gasteiger charge is 2.22. The van der Waals surface area contributed by atoms with Crippen LogP contribution in [0.1, 0.15) is 21.5 Å². The summed E-state index contributed by atoms with van der Waals surface area (Å²) in [5.74, 6) is 0.0623. The zero-order valence-electron chi connectivity index (χ0n) is 19.4. The van der Waals surface area contributed by atoms with Crippen LogP contribution in [-0.2, 0) is 4.74 Å². The molecule has 2 heterocycles. The molecule has 178 valence electrons. The monoisotopic (exact) mass is 472 g/mol. The highest BCUT2D eigenvalue weighted by Crippen LogP contribution is 2.30. The SMILES string of the molecule is Cc1ccc(-c2nc3cc(NC(=O)c4cc([N+](=O)[O-])ccc4N4CCOCC4)ccc3o2)cc1C. The first kappa shape index (κ1) is 22.5. The number of non-ortho nitro benzene ring substituents is 1. The van der Waals surface area contributed by atoms with Crippen LogP contribution in [-0.4, -0.2) is 42.1 Å². The molecule has 0 atom stereocenters. The molecule has 9 nitrogen and oxygen atoms in total. The second-order valence-electron chi connectivity index (χ2n) is 8.51. The molecule has 1 amide bonds. The Morgan fingerprint density at radius 3 is 2.57 bits per heavy atom. The van der Waals surface area contributed by atoms with Gasteiger partial charge in [0.15, 0.2) is 5.58 Å². The van der Waals surface area contributed by atoms with Gasteiger partial charge in [0.2, 0.25) is 5.89 Å². The van der Waals surface area contributed by atoms with Gasteiger partial charge in [-0.1, -0.05) is 6.07 Å².